The molecular formula is C17H17N5O3S. The maximum Gasteiger partial charge on any atom is 0.224 e. The number of carbonyl (C=O) groups is 1. The lowest BCUT2D eigenvalue weighted by atomic mass is 10.3. The summed E-state index contributed by atoms with van der Waals surface area (Å²) >= 11 is 1.40. The van der Waals surface area contributed by atoms with Gasteiger partial charge >= 0.3 is 0 Å². The summed E-state index contributed by atoms with van der Waals surface area (Å²) < 4.78 is 12.3. The van der Waals surface area contributed by atoms with Crippen molar-refractivity contribution in [3.63, 3.8) is 0 Å². The van der Waals surface area contributed by atoms with E-state index >= 15 is 0 Å². The summed E-state index contributed by atoms with van der Waals surface area (Å²) in [5, 5.41) is 3.25. The van der Waals surface area contributed by atoms with Gasteiger partial charge in [0.2, 0.25) is 11.8 Å². The lowest BCUT2D eigenvalue weighted by molar-refractivity contribution is -0.114. The van der Waals surface area contributed by atoms with E-state index in [9.17, 15) is 4.79 Å². The van der Waals surface area contributed by atoms with Crippen LogP contribution in [0.1, 0.15) is 6.92 Å². The standard InChI is InChI=1S/C17H17N5O3S/c1-11(23)20-17-21-16-12(3-2-4-13(16)26-17)25-15-9-14(18-10-19-15)22-5-7-24-8-6-22/h2-4,9-10H,5-8H2,1H3,(H,20,21,23). The Kier molecular flexibility index (Phi) is 4.63. The van der Waals surface area contributed by atoms with Gasteiger partial charge < -0.3 is 19.7 Å². The molecule has 1 fully saturated rings. The highest BCUT2D eigenvalue weighted by atomic mass is 32.1. The molecule has 3 aromatic rings. The number of nitrogens with zero attached hydrogens (tertiary/aromatic N) is 4. The largest absolute Gasteiger partial charge is 0.437 e. The summed E-state index contributed by atoms with van der Waals surface area (Å²) in [4.78, 5) is 26.4. The van der Waals surface area contributed by atoms with Crippen LogP contribution in [-0.2, 0) is 9.53 Å². The molecule has 0 unspecified atom stereocenters. The van der Waals surface area contributed by atoms with Gasteiger partial charge in [0.25, 0.3) is 0 Å². The molecule has 0 saturated carbocycles. The second kappa shape index (κ2) is 7.22. The molecule has 1 saturated heterocycles. The average Bonchev–Trinajstić information content (AvgIpc) is 3.05. The molecule has 0 radical (unpaired) electrons. The predicted octanol–water partition coefficient (Wildman–Crippen LogP) is 2.67. The van der Waals surface area contributed by atoms with E-state index in [2.05, 4.69) is 25.2 Å². The zero-order valence-electron chi connectivity index (χ0n) is 14.1. The van der Waals surface area contributed by atoms with Crippen LogP contribution in [0.2, 0.25) is 0 Å². The molecule has 26 heavy (non-hydrogen) atoms. The molecule has 1 aliphatic heterocycles. The number of aromatic nitrogens is 3. The Morgan fingerprint density at radius 3 is 2.96 bits per heavy atom. The summed E-state index contributed by atoms with van der Waals surface area (Å²) in [6, 6.07) is 7.46. The maximum absolute atomic E-state index is 11.2. The third-order valence-electron chi connectivity index (χ3n) is 3.84. The fourth-order valence-electron chi connectivity index (χ4n) is 2.67. The first-order valence-corrected chi connectivity index (χ1v) is 9.00. The number of nitrogens with one attached hydrogen (secondary N) is 1. The Labute approximate surface area is 153 Å². The van der Waals surface area contributed by atoms with Gasteiger partial charge in [0, 0.05) is 26.1 Å². The van der Waals surface area contributed by atoms with Crippen molar-refractivity contribution >= 4 is 38.4 Å². The first-order chi connectivity index (χ1) is 12.7. The number of hydrogen-bond donors (Lipinski definition) is 1. The fraction of sp³-hybridized carbons (Fsp3) is 0.294. The van der Waals surface area contributed by atoms with Gasteiger partial charge in [-0.3, -0.25) is 4.79 Å². The Balaban J connectivity index is 1.60. The van der Waals surface area contributed by atoms with Gasteiger partial charge in [-0.25, -0.2) is 15.0 Å². The number of morpholine rings is 1. The van der Waals surface area contributed by atoms with E-state index in [4.69, 9.17) is 9.47 Å². The molecule has 0 aliphatic carbocycles. The highest BCUT2D eigenvalue weighted by molar-refractivity contribution is 7.22. The molecule has 3 heterocycles. The summed E-state index contributed by atoms with van der Waals surface area (Å²) in [5.74, 6) is 1.69. The van der Waals surface area contributed by atoms with E-state index in [1.807, 2.05) is 24.3 Å². The zero-order valence-corrected chi connectivity index (χ0v) is 15.0. The molecule has 2 aromatic heterocycles. The molecule has 1 aromatic carbocycles. The number of fused-ring (bicyclic) bond motifs is 1. The minimum atomic E-state index is -0.155. The molecule has 0 spiro atoms. The molecular weight excluding hydrogens is 354 g/mol. The molecule has 8 nitrogen and oxygen atoms in total. The Morgan fingerprint density at radius 2 is 2.15 bits per heavy atom. The summed E-state index contributed by atoms with van der Waals surface area (Å²) in [6.07, 6.45) is 1.49. The normalized spacial score (nSPS) is 14.4. The van der Waals surface area contributed by atoms with E-state index in [1.165, 1.54) is 24.6 Å². The highest BCUT2D eigenvalue weighted by Gasteiger charge is 2.15. The third kappa shape index (κ3) is 3.58. The van der Waals surface area contributed by atoms with Crippen molar-refractivity contribution < 1.29 is 14.3 Å². The Bertz CT molecular complexity index is 939. The van der Waals surface area contributed by atoms with Crippen molar-refractivity contribution in [2.45, 2.75) is 6.92 Å². The lowest BCUT2D eigenvalue weighted by Crippen LogP contribution is -2.36. The minimum absolute atomic E-state index is 0.155. The molecule has 4 rings (SSSR count). The highest BCUT2D eigenvalue weighted by Crippen LogP contribution is 2.34. The van der Waals surface area contributed by atoms with E-state index < -0.39 is 0 Å². The van der Waals surface area contributed by atoms with Crippen molar-refractivity contribution in [1.29, 1.82) is 0 Å². The van der Waals surface area contributed by atoms with Gasteiger partial charge in [-0.05, 0) is 12.1 Å². The molecule has 134 valence electrons. The molecule has 9 heteroatoms. The van der Waals surface area contributed by atoms with Crippen LogP contribution in [0.15, 0.2) is 30.6 Å². The van der Waals surface area contributed by atoms with Crippen molar-refractivity contribution in [2.75, 3.05) is 36.5 Å². The van der Waals surface area contributed by atoms with Crippen LogP contribution < -0.4 is 15.0 Å². The number of rotatable bonds is 4. The van der Waals surface area contributed by atoms with E-state index in [0.29, 0.717) is 35.5 Å². The summed E-state index contributed by atoms with van der Waals surface area (Å²) in [7, 11) is 0. The van der Waals surface area contributed by atoms with Crippen LogP contribution in [0, 0.1) is 0 Å². The molecule has 1 amide bonds. The number of para-hydroxylation sites is 1. The molecule has 0 atom stereocenters. The van der Waals surface area contributed by atoms with Gasteiger partial charge in [0.1, 0.15) is 17.7 Å². The SMILES string of the molecule is CC(=O)Nc1nc2c(Oc3cc(N4CCOCC4)ncn3)cccc2s1. The lowest BCUT2D eigenvalue weighted by Gasteiger charge is -2.27. The monoisotopic (exact) mass is 371 g/mol. The first kappa shape index (κ1) is 16.7. The average molecular weight is 371 g/mol. The van der Waals surface area contributed by atoms with Crippen LogP contribution in [0.5, 0.6) is 11.6 Å². The smallest absolute Gasteiger partial charge is 0.224 e. The van der Waals surface area contributed by atoms with Crippen molar-refractivity contribution in [2.24, 2.45) is 0 Å². The minimum Gasteiger partial charge on any atom is -0.437 e. The second-order valence-corrected chi connectivity index (χ2v) is 6.75. The Morgan fingerprint density at radius 1 is 1.31 bits per heavy atom. The van der Waals surface area contributed by atoms with E-state index in [-0.39, 0.29) is 5.91 Å². The number of ether oxygens (including phenoxy) is 2. The van der Waals surface area contributed by atoms with Gasteiger partial charge in [0.05, 0.1) is 17.9 Å². The topological polar surface area (TPSA) is 89.5 Å². The first-order valence-electron chi connectivity index (χ1n) is 8.19. The van der Waals surface area contributed by atoms with Crippen LogP contribution in [0.25, 0.3) is 10.2 Å². The Hall–Kier alpha value is -2.78. The fourth-order valence-corrected chi connectivity index (χ4v) is 3.60. The van der Waals surface area contributed by atoms with Crippen molar-refractivity contribution in [3.8, 4) is 11.6 Å². The number of benzene rings is 1. The van der Waals surface area contributed by atoms with Gasteiger partial charge in [-0.1, -0.05) is 17.4 Å². The maximum atomic E-state index is 11.2. The van der Waals surface area contributed by atoms with Gasteiger partial charge in [-0.2, -0.15) is 0 Å². The van der Waals surface area contributed by atoms with E-state index in [0.717, 1.165) is 23.6 Å². The predicted molar refractivity (Wildman–Crippen MR) is 99.1 cm³/mol. The zero-order chi connectivity index (χ0) is 17.9. The van der Waals surface area contributed by atoms with Crippen molar-refractivity contribution in [3.05, 3.63) is 30.6 Å². The van der Waals surface area contributed by atoms with Crippen LogP contribution in [0.3, 0.4) is 0 Å². The van der Waals surface area contributed by atoms with Gasteiger partial charge in [-0.15, -0.1) is 0 Å². The molecule has 0 bridgehead atoms. The molecule has 1 N–H and O–H groups in total. The van der Waals surface area contributed by atoms with Crippen LogP contribution in [-0.4, -0.2) is 47.2 Å². The van der Waals surface area contributed by atoms with Crippen LogP contribution >= 0.6 is 11.3 Å². The summed E-state index contributed by atoms with van der Waals surface area (Å²) in [6.45, 7) is 4.41. The number of amides is 1. The van der Waals surface area contributed by atoms with Gasteiger partial charge in [0.15, 0.2) is 10.9 Å². The van der Waals surface area contributed by atoms with E-state index in [1.54, 1.807) is 0 Å². The number of hydrogen-bond acceptors (Lipinski definition) is 8. The molecule has 1 aliphatic rings. The third-order valence-corrected chi connectivity index (χ3v) is 4.78. The number of anilines is 2. The van der Waals surface area contributed by atoms with Crippen molar-refractivity contribution in [1.82, 2.24) is 15.0 Å². The second-order valence-electron chi connectivity index (χ2n) is 5.72. The van der Waals surface area contributed by atoms with Crippen LogP contribution in [0.4, 0.5) is 10.9 Å². The number of carbonyl (C=O) groups excluding carboxylic acids is 1. The summed E-state index contributed by atoms with van der Waals surface area (Å²) in [5.41, 5.74) is 0.688. The number of thiazole rings is 1. The quantitative estimate of drug-likeness (QED) is 0.754.